The second-order valence-electron chi connectivity index (χ2n) is 3.68. The fourth-order valence-electron chi connectivity index (χ4n) is 1.76. The Labute approximate surface area is 94.0 Å². The number of nitrogens with zero attached hydrogens (tertiary/aromatic N) is 1. The lowest BCUT2D eigenvalue weighted by molar-refractivity contribution is 0.181. The summed E-state index contributed by atoms with van der Waals surface area (Å²) in [6.07, 6.45) is 0. The molecule has 2 aromatic rings. The Morgan fingerprint density at radius 1 is 1.19 bits per heavy atom. The van der Waals surface area contributed by atoms with Crippen LogP contribution in [-0.2, 0) is 4.74 Å². The fraction of sp³-hybridized carbons (Fsp3) is 0.231. The first kappa shape index (κ1) is 10.8. The van der Waals surface area contributed by atoms with Gasteiger partial charge in [-0.1, -0.05) is 41.6 Å². The molecule has 2 aromatic carbocycles. The number of methoxy groups -OCH3 is 1. The van der Waals surface area contributed by atoms with Gasteiger partial charge in [0.1, 0.15) is 6.04 Å². The zero-order chi connectivity index (χ0) is 11.4. The summed E-state index contributed by atoms with van der Waals surface area (Å²) in [6.45, 7) is 0.321. The number of hydrogen-bond acceptors (Lipinski definition) is 3. The van der Waals surface area contributed by atoms with Crippen molar-refractivity contribution in [3.05, 3.63) is 52.9 Å². The van der Waals surface area contributed by atoms with Gasteiger partial charge in [-0.05, 0) is 22.4 Å². The summed E-state index contributed by atoms with van der Waals surface area (Å²) < 4.78 is 4.97. The highest BCUT2D eigenvalue weighted by molar-refractivity contribution is 5.83. The van der Waals surface area contributed by atoms with Gasteiger partial charge in [0.2, 0.25) is 0 Å². The number of benzene rings is 2. The summed E-state index contributed by atoms with van der Waals surface area (Å²) in [7, 11) is 1.57. The van der Waals surface area contributed by atoms with Gasteiger partial charge in [0, 0.05) is 7.11 Å². The van der Waals surface area contributed by atoms with Gasteiger partial charge in [0.05, 0.1) is 6.61 Å². The van der Waals surface area contributed by atoms with Crippen molar-refractivity contribution in [2.24, 2.45) is 5.18 Å². The Hall–Kier alpha value is -1.74. The van der Waals surface area contributed by atoms with Crippen LogP contribution in [0.15, 0.2) is 47.6 Å². The van der Waals surface area contributed by atoms with E-state index in [1.165, 1.54) is 0 Å². The maximum absolute atomic E-state index is 10.7. The predicted octanol–water partition coefficient (Wildman–Crippen LogP) is 3.29. The molecule has 0 heterocycles. The smallest absolute Gasteiger partial charge is 0.140 e. The van der Waals surface area contributed by atoms with Crippen LogP contribution in [0.25, 0.3) is 10.8 Å². The molecule has 0 aliphatic rings. The highest BCUT2D eigenvalue weighted by atomic mass is 16.5. The van der Waals surface area contributed by atoms with Crippen LogP contribution in [-0.4, -0.2) is 13.7 Å². The standard InChI is InChI=1S/C13H13NO2/c1-16-9-13(14-15)12-7-6-10-4-2-3-5-11(10)8-12/h2-8,13H,9H2,1H3. The van der Waals surface area contributed by atoms with E-state index in [1.54, 1.807) is 7.11 Å². The third-order valence-corrected chi connectivity index (χ3v) is 2.61. The first-order valence-corrected chi connectivity index (χ1v) is 5.15. The first-order valence-electron chi connectivity index (χ1n) is 5.15. The third kappa shape index (κ3) is 2.09. The van der Waals surface area contributed by atoms with E-state index in [0.29, 0.717) is 6.61 Å². The SMILES string of the molecule is COCC(N=O)c1ccc2ccccc2c1. The van der Waals surface area contributed by atoms with E-state index in [-0.39, 0.29) is 0 Å². The molecule has 3 nitrogen and oxygen atoms in total. The van der Waals surface area contributed by atoms with Crippen LogP contribution in [0.3, 0.4) is 0 Å². The summed E-state index contributed by atoms with van der Waals surface area (Å²) in [6, 6.07) is 13.5. The highest BCUT2D eigenvalue weighted by Gasteiger charge is 2.11. The summed E-state index contributed by atoms with van der Waals surface area (Å²) in [5, 5.41) is 5.36. The van der Waals surface area contributed by atoms with E-state index in [1.807, 2.05) is 42.5 Å². The lowest BCUT2D eigenvalue weighted by Crippen LogP contribution is -2.02. The second-order valence-corrected chi connectivity index (χ2v) is 3.68. The third-order valence-electron chi connectivity index (χ3n) is 2.61. The number of nitroso groups, excluding NO2 is 1. The molecule has 1 atom stereocenters. The van der Waals surface area contributed by atoms with Gasteiger partial charge >= 0.3 is 0 Å². The Morgan fingerprint density at radius 2 is 1.94 bits per heavy atom. The van der Waals surface area contributed by atoms with E-state index >= 15 is 0 Å². The van der Waals surface area contributed by atoms with Crippen molar-refractivity contribution in [1.29, 1.82) is 0 Å². The molecule has 0 N–H and O–H groups in total. The molecule has 0 saturated heterocycles. The number of ether oxygens (including phenoxy) is 1. The Morgan fingerprint density at radius 3 is 2.62 bits per heavy atom. The van der Waals surface area contributed by atoms with Crippen LogP contribution in [0.1, 0.15) is 11.6 Å². The van der Waals surface area contributed by atoms with Gasteiger partial charge in [-0.3, -0.25) is 0 Å². The molecular weight excluding hydrogens is 202 g/mol. The van der Waals surface area contributed by atoms with Crippen molar-refractivity contribution < 1.29 is 4.74 Å². The summed E-state index contributed by atoms with van der Waals surface area (Å²) in [4.78, 5) is 10.7. The van der Waals surface area contributed by atoms with Crippen LogP contribution in [0.5, 0.6) is 0 Å². The van der Waals surface area contributed by atoms with Gasteiger partial charge in [-0.25, -0.2) is 0 Å². The molecule has 2 rings (SSSR count). The Balaban J connectivity index is 2.41. The average Bonchev–Trinajstić information content (AvgIpc) is 2.35. The minimum Gasteiger partial charge on any atom is -0.382 e. The predicted molar refractivity (Wildman–Crippen MR) is 64.4 cm³/mol. The fourth-order valence-corrected chi connectivity index (χ4v) is 1.76. The van der Waals surface area contributed by atoms with Crippen LogP contribution in [0.4, 0.5) is 0 Å². The van der Waals surface area contributed by atoms with Crippen LogP contribution >= 0.6 is 0 Å². The monoisotopic (exact) mass is 215 g/mol. The zero-order valence-electron chi connectivity index (χ0n) is 9.09. The minimum atomic E-state index is -0.422. The van der Waals surface area contributed by atoms with Crippen molar-refractivity contribution in [3.63, 3.8) is 0 Å². The number of rotatable bonds is 4. The lowest BCUT2D eigenvalue weighted by atomic mass is 10.0. The molecule has 0 bridgehead atoms. The average molecular weight is 215 g/mol. The summed E-state index contributed by atoms with van der Waals surface area (Å²) in [5.41, 5.74) is 0.899. The second kappa shape index (κ2) is 4.86. The summed E-state index contributed by atoms with van der Waals surface area (Å²) in [5.74, 6) is 0. The van der Waals surface area contributed by atoms with E-state index in [4.69, 9.17) is 4.74 Å². The first-order chi connectivity index (χ1) is 7.85. The molecule has 0 aromatic heterocycles. The molecule has 82 valence electrons. The van der Waals surface area contributed by atoms with Gasteiger partial charge in [0.25, 0.3) is 0 Å². The number of hydrogen-bond donors (Lipinski definition) is 0. The summed E-state index contributed by atoms with van der Waals surface area (Å²) >= 11 is 0. The molecule has 0 spiro atoms. The molecule has 0 aliphatic carbocycles. The van der Waals surface area contributed by atoms with E-state index in [2.05, 4.69) is 5.18 Å². The van der Waals surface area contributed by atoms with Crippen LogP contribution in [0.2, 0.25) is 0 Å². The largest absolute Gasteiger partial charge is 0.382 e. The number of fused-ring (bicyclic) bond motifs is 1. The van der Waals surface area contributed by atoms with Crippen molar-refractivity contribution in [2.75, 3.05) is 13.7 Å². The molecule has 0 amide bonds. The van der Waals surface area contributed by atoms with Crippen molar-refractivity contribution in [2.45, 2.75) is 6.04 Å². The molecule has 0 radical (unpaired) electrons. The van der Waals surface area contributed by atoms with E-state index < -0.39 is 6.04 Å². The Bertz CT molecular complexity index is 496. The zero-order valence-corrected chi connectivity index (χ0v) is 9.09. The molecule has 0 aliphatic heterocycles. The molecule has 0 fully saturated rings. The highest BCUT2D eigenvalue weighted by Crippen LogP contribution is 2.22. The van der Waals surface area contributed by atoms with Gasteiger partial charge in [-0.15, -0.1) is 0 Å². The van der Waals surface area contributed by atoms with Crippen LogP contribution in [0, 0.1) is 4.91 Å². The van der Waals surface area contributed by atoms with Gasteiger partial charge < -0.3 is 4.74 Å². The van der Waals surface area contributed by atoms with Gasteiger partial charge in [-0.2, -0.15) is 4.91 Å². The van der Waals surface area contributed by atoms with Crippen molar-refractivity contribution in [1.82, 2.24) is 0 Å². The molecular formula is C13H13NO2. The maximum atomic E-state index is 10.7. The van der Waals surface area contributed by atoms with E-state index in [0.717, 1.165) is 16.3 Å². The van der Waals surface area contributed by atoms with Crippen molar-refractivity contribution in [3.8, 4) is 0 Å². The molecule has 0 saturated carbocycles. The normalized spacial score (nSPS) is 12.6. The van der Waals surface area contributed by atoms with E-state index in [9.17, 15) is 4.91 Å². The topological polar surface area (TPSA) is 38.7 Å². The van der Waals surface area contributed by atoms with Crippen LogP contribution < -0.4 is 0 Å². The minimum absolute atomic E-state index is 0.321. The molecule has 3 heteroatoms. The van der Waals surface area contributed by atoms with Crippen molar-refractivity contribution >= 4 is 10.8 Å². The quantitative estimate of drug-likeness (QED) is 0.734. The maximum Gasteiger partial charge on any atom is 0.140 e. The molecule has 1 unspecified atom stereocenters. The Kier molecular flexibility index (Phi) is 3.27. The van der Waals surface area contributed by atoms with Gasteiger partial charge in [0.15, 0.2) is 0 Å². The lowest BCUT2D eigenvalue weighted by Gasteiger charge is -2.09. The molecule has 16 heavy (non-hydrogen) atoms.